The summed E-state index contributed by atoms with van der Waals surface area (Å²) in [7, 11) is 0. The molecular weight excluding hydrogens is 793 g/mol. The van der Waals surface area contributed by atoms with Crippen molar-refractivity contribution in [2.45, 2.75) is 239 Å². The van der Waals surface area contributed by atoms with Crippen LogP contribution in [0.5, 0.6) is 0 Å². The standard InChI is InChI=1S/C58H96O6/c1-4-7-10-13-16-19-22-25-27-29-31-33-36-39-42-45-48-51-57(60)63-54-55(53-62-56(59)50-47-44-41-38-35-24-21-18-15-12-9-6-3)64-58(61)52-49-46-43-40-37-34-32-30-28-26-23-20-17-14-11-8-5-2/h7,10,13,16-17,19-20,22,25-29,31,33,36,55H,4-6,8-9,11-12,14-15,18,21,23-24,30,32,34-35,37-54H2,1-3H3/b10-7-,16-13-,20-17-,22-19-,27-25-,28-26-,31-29+,36-33-. The van der Waals surface area contributed by atoms with Gasteiger partial charge >= 0.3 is 17.9 Å². The highest BCUT2D eigenvalue weighted by Crippen LogP contribution is 2.15. The van der Waals surface area contributed by atoms with Gasteiger partial charge < -0.3 is 14.2 Å². The topological polar surface area (TPSA) is 78.9 Å². The summed E-state index contributed by atoms with van der Waals surface area (Å²) in [5, 5.41) is 0. The molecule has 0 aromatic heterocycles. The maximum Gasteiger partial charge on any atom is 0.306 e. The second kappa shape index (κ2) is 52.0. The van der Waals surface area contributed by atoms with Gasteiger partial charge in [0.05, 0.1) is 0 Å². The molecule has 0 aromatic rings. The lowest BCUT2D eigenvalue weighted by Crippen LogP contribution is -2.30. The number of hydrogen-bond donors (Lipinski definition) is 0. The van der Waals surface area contributed by atoms with Gasteiger partial charge in [0.15, 0.2) is 6.10 Å². The first kappa shape index (κ1) is 60.3. The van der Waals surface area contributed by atoms with E-state index >= 15 is 0 Å². The van der Waals surface area contributed by atoms with E-state index in [0.717, 1.165) is 83.5 Å². The van der Waals surface area contributed by atoms with Gasteiger partial charge in [-0.05, 0) is 70.6 Å². The van der Waals surface area contributed by atoms with E-state index in [1.54, 1.807) is 0 Å². The third-order valence-electron chi connectivity index (χ3n) is 11.0. The quantitative estimate of drug-likeness (QED) is 0.0199. The van der Waals surface area contributed by atoms with E-state index in [1.807, 2.05) is 60.8 Å². The highest BCUT2D eigenvalue weighted by molar-refractivity contribution is 5.71. The van der Waals surface area contributed by atoms with Crippen molar-refractivity contribution in [1.29, 1.82) is 0 Å². The van der Waals surface area contributed by atoms with Crippen LogP contribution in [0, 0.1) is 0 Å². The number of hydrogen-bond acceptors (Lipinski definition) is 6. The van der Waals surface area contributed by atoms with Gasteiger partial charge in [0.2, 0.25) is 0 Å². The van der Waals surface area contributed by atoms with Crippen LogP contribution in [0.1, 0.15) is 233 Å². The molecule has 0 rings (SSSR count). The lowest BCUT2D eigenvalue weighted by atomic mass is 10.0. The summed E-state index contributed by atoms with van der Waals surface area (Å²) in [4.78, 5) is 38.0. The molecular formula is C58H96O6. The Morgan fingerprint density at radius 3 is 1.12 bits per heavy atom. The molecule has 0 aliphatic carbocycles. The Balaban J connectivity index is 4.49. The van der Waals surface area contributed by atoms with Crippen LogP contribution in [0.3, 0.4) is 0 Å². The van der Waals surface area contributed by atoms with Gasteiger partial charge in [-0.2, -0.15) is 0 Å². The zero-order chi connectivity index (χ0) is 46.5. The van der Waals surface area contributed by atoms with Gasteiger partial charge in [-0.25, -0.2) is 0 Å². The fourth-order valence-electron chi connectivity index (χ4n) is 7.03. The fraction of sp³-hybridized carbons (Fsp3) is 0.672. The van der Waals surface area contributed by atoms with E-state index in [-0.39, 0.29) is 31.1 Å². The number of esters is 3. The summed E-state index contributed by atoms with van der Waals surface area (Å²) in [6.07, 6.45) is 68.1. The summed E-state index contributed by atoms with van der Waals surface area (Å²) in [5.74, 6) is -0.949. The number of carbonyl (C=O) groups is 3. The highest BCUT2D eigenvalue weighted by atomic mass is 16.6. The molecule has 1 unspecified atom stereocenters. The van der Waals surface area contributed by atoms with Gasteiger partial charge in [0.1, 0.15) is 13.2 Å². The van der Waals surface area contributed by atoms with E-state index in [1.165, 1.54) is 109 Å². The van der Waals surface area contributed by atoms with Gasteiger partial charge in [0, 0.05) is 19.3 Å². The molecule has 0 bridgehead atoms. The lowest BCUT2D eigenvalue weighted by Gasteiger charge is -2.18. The van der Waals surface area contributed by atoms with Crippen LogP contribution in [0.15, 0.2) is 97.2 Å². The fourth-order valence-corrected chi connectivity index (χ4v) is 7.03. The molecule has 0 amide bonds. The van der Waals surface area contributed by atoms with Gasteiger partial charge in [-0.3, -0.25) is 14.4 Å². The minimum Gasteiger partial charge on any atom is -0.462 e. The molecule has 0 saturated heterocycles. The summed E-state index contributed by atoms with van der Waals surface area (Å²) in [6.45, 7) is 6.42. The van der Waals surface area contributed by atoms with Crippen LogP contribution in [0.4, 0.5) is 0 Å². The Morgan fingerprint density at radius 2 is 0.672 bits per heavy atom. The maximum atomic E-state index is 12.8. The average molecular weight is 889 g/mol. The van der Waals surface area contributed by atoms with E-state index in [2.05, 4.69) is 57.2 Å². The molecule has 0 N–H and O–H groups in total. The molecule has 0 aliphatic heterocycles. The molecule has 0 radical (unpaired) electrons. The molecule has 0 fully saturated rings. The Kier molecular flexibility index (Phi) is 49.0. The Hall–Kier alpha value is -3.67. The first-order chi connectivity index (χ1) is 31.5. The zero-order valence-corrected chi connectivity index (χ0v) is 41.5. The molecule has 0 spiro atoms. The average Bonchev–Trinajstić information content (AvgIpc) is 3.29. The minimum absolute atomic E-state index is 0.0946. The number of carbonyl (C=O) groups excluding carboxylic acids is 3. The molecule has 6 heteroatoms. The Labute approximate surface area is 394 Å². The van der Waals surface area contributed by atoms with Gasteiger partial charge in [0.25, 0.3) is 0 Å². The van der Waals surface area contributed by atoms with Gasteiger partial charge in [-0.15, -0.1) is 0 Å². The normalized spacial score (nSPS) is 12.9. The summed E-state index contributed by atoms with van der Waals surface area (Å²) in [6, 6.07) is 0. The number of unbranched alkanes of at least 4 members (excludes halogenated alkanes) is 24. The molecule has 0 heterocycles. The van der Waals surface area contributed by atoms with Crippen molar-refractivity contribution in [3.8, 4) is 0 Å². The third-order valence-corrected chi connectivity index (χ3v) is 11.0. The number of allylic oxidation sites excluding steroid dienone is 16. The van der Waals surface area contributed by atoms with E-state index in [0.29, 0.717) is 19.3 Å². The Bertz CT molecular complexity index is 1300. The smallest absolute Gasteiger partial charge is 0.306 e. The maximum absolute atomic E-state index is 12.8. The van der Waals surface area contributed by atoms with Crippen LogP contribution in [-0.4, -0.2) is 37.2 Å². The SMILES string of the molecule is CC\C=C/C=C\C=C/C=C\C=C\C=C/CCCCCC(=O)OCC(COC(=O)CCCCCCCCCCCCCC)OC(=O)CCCCCCCCC/C=C\C/C=C\CCCCC. The monoisotopic (exact) mass is 889 g/mol. The lowest BCUT2D eigenvalue weighted by molar-refractivity contribution is -0.167. The van der Waals surface area contributed by atoms with Crippen molar-refractivity contribution in [3.05, 3.63) is 97.2 Å². The van der Waals surface area contributed by atoms with E-state index in [4.69, 9.17) is 14.2 Å². The molecule has 0 aliphatic rings. The second-order valence-corrected chi connectivity index (χ2v) is 17.2. The largest absolute Gasteiger partial charge is 0.462 e. The molecule has 6 nitrogen and oxygen atoms in total. The Morgan fingerprint density at radius 1 is 0.344 bits per heavy atom. The highest BCUT2D eigenvalue weighted by Gasteiger charge is 2.19. The first-order valence-electron chi connectivity index (χ1n) is 26.3. The van der Waals surface area contributed by atoms with Crippen molar-refractivity contribution in [1.82, 2.24) is 0 Å². The third kappa shape index (κ3) is 49.3. The van der Waals surface area contributed by atoms with Crippen molar-refractivity contribution in [2.24, 2.45) is 0 Å². The van der Waals surface area contributed by atoms with E-state index < -0.39 is 6.10 Å². The number of rotatable bonds is 46. The molecule has 1 atom stereocenters. The van der Waals surface area contributed by atoms with Crippen LogP contribution in [0.25, 0.3) is 0 Å². The van der Waals surface area contributed by atoms with Crippen molar-refractivity contribution in [2.75, 3.05) is 13.2 Å². The first-order valence-corrected chi connectivity index (χ1v) is 26.3. The molecule has 64 heavy (non-hydrogen) atoms. The summed E-state index contributed by atoms with van der Waals surface area (Å²) < 4.78 is 16.8. The van der Waals surface area contributed by atoms with Crippen molar-refractivity contribution < 1.29 is 28.6 Å². The summed E-state index contributed by atoms with van der Waals surface area (Å²) >= 11 is 0. The van der Waals surface area contributed by atoms with Crippen molar-refractivity contribution in [3.63, 3.8) is 0 Å². The molecule has 0 saturated carbocycles. The van der Waals surface area contributed by atoms with E-state index in [9.17, 15) is 14.4 Å². The van der Waals surface area contributed by atoms with Crippen molar-refractivity contribution >= 4 is 17.9 Å². The molecule has 364 valence electrons. The second-order valence-electron chi connectivity index (χ2n) is 17.2. The van der Waals surface area contributed by atoms with Gasteiger partial charge in [-0.1, -0.05) is 240 Å². The van der Waals surface area contributed by atoms with Crippen LogP contribution in [0.2, 0.25) is 0 Å². The predicted molar refractivity (Wildman–Crippen MR) is 274 cm³/mol. The molecule has 0 aromatic carbocycles. The zero-order valence-electron chi connectivity index (χ0n) is 41.5. The predicted octanol–water partition coefficient (Wildman–Crippen LogP) is 17.4. The minimum atomic E-state index is -0.799. The van der Waals surface area contributed by atoms with Crippen LogP contribution >= 0.6 is 0 Å². The summed E-state index contributed by atoms with van der Waals surface area (Å²) in [5.41, 5.74) is 0. The van der Waals surface area contributed by atoms with Crippen LogP contribution < -0.4 is 0 Å². The number of ether oxygens (including phenoxy) is 3. The van der Waals surface area contributed by atoms with Crippen LogP contribution in [-0.2, 0) is 28.6 Å².